The van der Waals surface area contributed by atoms with Crippen molar-refractivity contribution < 1.29 is 19.0 Å². The number of carbonyl (C=O) groups excluding carboxylic acids is 1. The molecule has 0 spiro atoms. The Morgan fingerprint density at radius 3 is 2.22 bits per heavy atom. The smallest absolute Gasteiger partial charge is 0.189 e. The van der Waals surface area contributed by atoms with Gasteiger partial charge in [-0.15, -0.1) is 0 Å². The van der Waals surface area contributed by atoms with Crippen LogP contribution in [0.4, 0.5) is 0 Å². The molecular weight excluding hydrogens is 400 g/mol. The highest BCUT2D eigenvalue weighted by molar-refractivity contribution is 6.08. The predicted molar refractivity (Wildman–Crippen MR) is 129 cm³/mol. The van der Waals surface area contributed by atoms with Crippen LogP contribution in [-0.4, -0.2) is 20.0 Å². The Balaban J connectivity index is 1.74. The Morgan fingerprint density at radius 1 is 0.875 bits per heavy atom. The van der Waals surface area contributed by atoms with E-state index < -0.39 is 0 Å². The number of rotatable bonds is 8. The van der Waals surface area contributed by atoms with E-state index in [9.17, 15) is 4.79 Å². The molecule has 3 aromatic rings. The van der Waals surface area contributed by atoms with Crippen molar-refractivity contribution in [1.82, 2.24) is 0 Å². The van der Waals surface area contributed by atoms with Crippen LogP contribution in [0.2, 0.25) is 0 Å². The third kappa shape index (κ3) is 5.79. The minimum Gasteiger partial charge on any atom is -0.496 e. The van der Waals surface area contributed by atoms with Gasteiger partial charge in [0.25, 0.3) is 0 Å². The zero-order valence-electron chi connectivity index (χ0n) is 19.3. The van der Waals surface area contributed by atoms with Gasteiger partial charge in [-0.25, -0.2) is 0 Å². The Bertz CT molecular complexity index is 1090. The van der Waals surface area contributed by atoms with E-state index in [1.165, 1.54) is 5.56 Å². The lowest BCUT2D eigenvalue weighted by Crippen LogP contribution is -2.10. The highest BCUT2D eigenvalue weighted by Crippen LogP contribution is 2.26. The molecule has 0 saturated carbocycles. The molecule has 0 bridgehead atoms. The highest BCUT2D eigenvalue weighted by atomic mass is 16.5. The lowest BCUT2D eigenvalue weighted by molar-refractivity contribution is 0.104. The van der Waals surface area contributed by atoms with Gasteiger partial charge in [0, 0.05) is 5.56 Å². The quantitative estimate of drug-likeness (QED) is 0.303. The van der Waals surface area contributed by atoms with Crippen molar-refractivity contribution >= 4 is 11.9 Å². The summed E-state index contributed by atoms with van der Waals surface area (Å²) in [5, 5.41) is 0. The second kappa shape index (κ2) is 10.2. The first-order valence-electron chi connectivity index (χ1n) is 10.6. The fourth-order valence-electron chi connectivity index (χ4n) is 3.34. The number of methoxy groups -OCH3 is 2. The van der Waals surface area contributed by atoms with Gasteiger partial charge in [-0.1, -0.05) is 57.2 Å². The Labute approximate surface area is 190 Å². The molecule has 0 aromatic heterocycles. The summed E-state index contributed by atoms with van der Waals surface area (Å²) in [6, 6.07) is 21.1. The minimum atomic E-state index is -0.116. The summed E-state index contributed by atoms with van der Waals surface area (Å²) in [6.45, 7) is 6.92. The molecule has 4 heteroatoms. The second-order valence-electron chi connectivity index (χ2n) is 8.53. The van der Waals surface area contributed by atoms with Crippen molar-refractivity contribution in [3.05, 3.63) is 95.1 Å². The van der Waals surface area contributed by atoms with E-state index in [4.69, 9.17) is 14.2 Å². The number of hydrogen-bond donors (Lipinski definition) is 0. The highest BCUT2D eigenvalue weighted by Gasteiger charge is 2.13. The number of ketones is 1. The lowest BCUT2D eigenvalue weighted by atomic mass is 9.87. The van der Waals surface area contributed by atoms with Crippen molar-refractivity contribution in [1.29, 1.82) is 0 Å². The third-order valence-electron chi connectivity index (χ3n) is 5.22. The van der Waals surface area contributed by atoms with E-state index in [1.54, 1.807) is 38.5 Å². The van der Waals surface area contributed by atoms with Crippen LogP contribution in [0.25, 0.3) is 6.08 Å². The van der Waals surface area contributed by atoms with Gasteiger partial charge in [0.1, 0.15) is 23.9 Å². The van der Waals surface area contributed by atoms with Crippen molar-refractivity contribution in [2.45, 2.75) is 32.8 Å². The summed E-state index contributed by atoms with van der Waals surface area (Å²) in [5.74, 6) is 1.98. The third-order valence-corrected chi connectivity index (χ3v) is 5.22. The summed E-state index contributed by atoms with van der Waals surface area (Å²) in [5.41, 5.74) is 3.68. The molecule has 0 aliphatic rings. The van der Waals surface area contributed by atoms with Crippen LogP contribution in [0.5, 0.6) is 17.2 Å². The van der Waals surface area contributed by atoms with Crippen LogP contribution in [0, 0.1) is 0 Å². The summed E-state index contributed by atoms with van der Waals surface area (Å²) in [6.07, 6.45) is 3.34. The zero-order valence-corrected chi connectivity index (χ0v) is 19.3. The van der Waals surface area contributed by atoms with Gasteiger partial charge in [0.15, 0.2) is 5.78 Å². The Kier molecular flexibility index (Phi) is 7.37. The van der Waals surface area contributed by atoms with Crippen LogP contribution in [0.1, 0.15) is 47.8 Å². The largest absolute Gasteiger partial charge is 0.496 e. The molecule has 0 radical (unpaired) electrons. The van der Waals surface area contributed by atoms with E-state index in [2.05, 4.69) is 32.9 Å². The molecule has 0 atom stereocenters. The van der Waals surface area contributed by atoms with Crippen molar-refractivity contribution in [2.24, 2.45) is 0 Å². The maximum atomic E-state index is 12.6. The van der Waals surface area contributed by atoms with Crippen LogP contribution >= 0.6 is 0 Å². The Morgan fingerprint density at radius 2 is 1.56 bits per heavy atom. The lowest BCUT2D eigenvalue weighted by Gasteiger charge is -2.19. The van der Waals surface area contributed by atoms with E-state index in [0.29, 0.717) is 17.9 Å². The normalized spacial score (nSPS) is 11.4. The standard InChI is InChI=1S/C28H30O4/c1-28(2,3)22-12-14-23(15-13-22)32-19-21-18-20(11-17-26(21)30-4)10-16-25(29)24-8-6-7-9-27(24)31-5/h6-18H,19H2,1-5H3/b16-10+. The first-order valence-corrected chi connectivity index (χ1v) is 10.6. The van der Waals surface area contributed by atoms with E-state index in [-0.39, 0.29) is 11.2 Å². The second-order valence-corrected chi connectivity index (χ2v) is 8.53. The summed E-state index contributed by atoms with van der Waals surface area (Å²) in [7, 11) is 3.19. The van der Waals surface area contributed by atoms with Crippen LogP contribution in [0.3, 0.4) is 0 Å². The molecule has 0 aliphatic carbocycles. The molecule has 0 aliphatic heterocycles. The van der Waals surface area contributed by atoms with Gasteiger partial charge in [0.05, 0.1) is 19.8 Å². The first kappa shape index (κ1) is 23.1. The summed E-state index contributed by atoms with van der Waals surface area (Å²) >= 11 is 0. The molecule has 0 fully saturated rings. The number of carbonyl (C=O) groups is 1. The molecule has 3 aromatic carbocycles. The van der Waals surface area contributed by atoms with Gasteiger partial charge in [-0.3, -0.25) is 4.79 Å². The number of para-hydroxylation sites is 1. The van der Waals surface area contributed by atoms with Gasteiger partial charge in [0.2, 0.25) is 0 Å². The van der Waals surface area contributed by atoms with E-state index >= 15 is 0 Å². The molecule has 32 heavy (non-hydrogen) atoms. The Hall–Kier alpha value is -3.53. The molecular formula is C28H30O4. The maximum absolute atomic E-state index is 12.6. The van der Waals surface area contributed by atoms with Gasteiger partial charge in [-0.05, 0) is 59.0 Å². The zero-order chi connectivity index (χ0) is 23.1. The topological polar surface area (TPSA) is 44.8 Å². The fourth-order valence-corrected chi connectivity index (χ4v) is 3.34. The molecule has 0 amide bonds. The predicted octanol–water partition coefficient (Wildman–Crippen LogP) is 6.48. The number of allylic oxidation sites excluding steroid dienone is 1. The van der Waals surface area contributed by atoms with Crippen molar-refractivity contribution in [3.8, 4) is 17.2 Å². The summed E-state index contributed by atoms with van der Waals surface area (Å²) < 4.78 is 16.8. The SMILES string of the molecule is COc1ccc(/C=C/C(=O)c2ccccc2OC)cc1COc1ccc(C(C)(C)C)cc1. The average molecular weight is 431 g/mol. The summed E-state index contributed by atoms with van der Waals surface area (Å²) in [4.78, 5) is 12.6. The molecule has 166 valence electrons. The molecule has 0 heterocycles. The van der Waals surface area contributed by atoms with Crippen LogP contribution in [0.15, 0.2) is 72.8 Å². The number of ether oxygens (including phenoxy) is 3. The molecule has 0 N–H and O–H groups in total. The average Bonchev–Trinajstić information content (AvgIpc) is 2.80. The monoisotopic (exact) mass is 430 g/mol. The van der Waals surface area contributed by atoms with Crippen molar-refractivity contribution in [2.75, 3.05) is 14.2 Å². The first-order chi connectivity index (χ1) is 15.3. The molecule has 0 unspecified atom stereocenters. The van der Waals surface area contributed by atoms with Crippen LogP contribution in [-0.2, 0) is 12.0 Å². The fraction of sp³-hybridized carbons (Fsp3) is 0.250. The van der Waals surface area contributed by atoms with E-state index in [0.717, 1.165) is 22.6 Å². The molecule has 4 nitrogen and oxygen atoms in total. The minimum absolute atomic E-state index is 0.101. The van der Waals surface area contributed by atoms with E-state index in [1.807, 2.05) is 42.5 Å². The molecule has 0 saturated heterocycles. The van der Waals surface area contributed by atoms with Crippen LogP contribution < -0.4 is 14.2 Å². The van der Waals surface area contributed by atoms with Gasteiger partial charge >= 0.3 is 0 Å². The van der Waals surface area contributed by atoms with Gasteiger partial charge < -0.3 is 14.2 Å². The number of hydrogen-bond acceptors (Lipinski definition) is 4. The van der Waals surface area contributed by atoms with Gasteiger partial charge in [-0.2, -0.15) is 0 Å². The van der Waals surface area contributed by atoms with Crippen molar-refractivity contribution in [3.63, 3.8) is 0 Å². The maximum Gasteiger partial charge on any atom is 0.189 e. The molecule has 3 rings (SSSR count). The number of benzene rings is 3.